The summed E-state index contributed by atoms with van der Waals surface area (Å²) in [4.78, 5) is 27.6. The highest BCUT2D eigenvalue weighted by Crippen LogP contribution is 2.31. The molecule has 0 unspecified atom stereocenters. The fraction of sp³-hybridized carbons (Fsp3) is 0.839. The molecule has 4 rings (SSSR count). The van der Waals surface area contributed by atoms with Crippen LogP contribution in [0.25, 0.3) is 0 Å². The summed E-state index contributed by atoms with van der Waals surface area (Å²) in [6, 6.07) is 2.55. The molecule has 0 spiro atoms. The molecular formula is C31H53N5O2. The Morgan fingerprint density at radius 3 is 2.11 bits per heavy atom. The minimum Gasteiger partial charge on any atom is -0.393 e. The molecule has 2 heterocycles. The summed E-state index contributed by atoms with van der Waals surface area (Å²) in [7, 11) is 0. The number of hydrogen-bond acceptors (Lipinski definition) is 6. The Morgan fingerprint density at radius 2 is 1.53 bits per heavy atom. The lowest BCUT2D eigenvalue weighted by Crippen LogP contribution is -2.47. The van der Waals surface area contributed by atoms with Crippen LogP contribution in [-0.2, 0) is 15.6 Å². The molecular weight excluding hydrogens is 474 g/mol. The fourth-order valence-corrected chi connectivity index (χ4v) is 6.13. The second-order valence-corrected chi connectivity index (χ2v) is 14.3. The predicted molar refractivity (Wildman–Crippen MR) is 155 cm³/mol. The van der Waals surface area contributed by atoms with Crippen molar-refractivity contribution in [3.63, 3.8) is 0 Å². The lowest BCUT2D eigenvalue weighted by molar-refractivity contribution is -0.127. The lowest BCUT2D eigenvalue weighted by atomic mass is 9.83. The molecule has 1 saturated heterocycles. The SMILES string of the molecule is CC(C)(C)c1cc(N2CCN(CC[C@H]3CC[C@@H](NC(=O)[C@H]4CC[C@@H](O)CC4)CC3)CC2)nc(C(C)(C)C)n1. The molecule has 3 aliphatic rings. The van der Waals surface area contributed by atoms with E-state index < -0.39 is 0 Å². The Bertz CT molecular complexity index is 881. The van der Waals surface area contributed by atoms with Crippen LogP contribution < -0.4 is 10.2 Å². The van der Waals surface area contributed by atoms with E-state index in [-0.39, 0.29) is 28.8 Å². The number of hydrogen-bond donors (Lipinski definition) is 2. The van der Waals surface area contributed by atoms with E-state index >= 15 is 0 Å². The van der Waals surface area contributed by atoms with E-state index in [0.717, 1.165) is 88.0 Å². The van der Waals surface area contributed by atoms with Crippen molar-refractivity contribution in [3.8, 4) is 0 Å². The van der Waals surface area contributed by atoms with Gasteiger partial charge in [-0.3, -0.25) is 9.69 Å². The first kappa shape index (κ1) is 29.3. The molecule has 7 nitrogen and oxygen atoms in total. The number of nitrogens with zero attached hydrogens (tertiary/aromatic N) is 4. The Kier molecular flexibility index (Phi) is 9.39. The van der Waals surface area contributed by atoms with E-state index in [1.807, 2.05) is 0 Å². The minimum atomic E-state index is -0.201. The van der Waals surface area contributed by atoms with E-state index in [0.29, 0.717) is 6.04 Å². The zero-order chi connectivity index (χ0) is 27.5. The molecule has 0 atom stereocenters. The van der Waals surface area contributed by atoms with Crippen molar-refractivity contribution in [1.82, 2.24) is 20.2 Å². The van der Waals surface area contributed by atoms with Gasteiger partial charge in [-0.1, -0.05) is 41.5 Å². The largest absolute Gasteiger partial charge is 0.393 e. The molecule has 2 saturated carbocycles. The van der Waals surface area contributed by atoms with Crippen LogP contribution in [0.1, 0.15) is 111 Å². The summed E-state index contributed by atoms with van der Waals surface area (Å²) in [6.07, 6.45) is 8.94. The summed E-state index contributed by atoms with van der Waals surface area (Å²) in [6.45, 7) is 18.6. The van der Waals surface area contributed by atoms with Crippen molar-refractivity contribution in [2.75, 3.05) is 37.6 Å². The third-order valence-corrected chi connectivity index (χ3v) is 8.96. The molecule has 1 aromatic heterocycles. The van der Waals surface area contributed by atoms with Gasteiger partial charge in [0.25, 0.3) is 0 Å². The Balaban J connectivity index is 1.20. The van der Waals surface area contributed by atoms with Gasteiger partial charge in [-0.15, -0.1) is 0 Å². The van der Waals surface area contributed by atoms with Gasteiger partial charge in [-0.2, -0.15) is 0 Å². The zero-order valence-corrected chi connectivity index (χ0v) is 24.9. The van der Waals surface area contributed by atoms with Crippen LogP contribution in [-0.4, -0.2) is 70.8 Å². The molecule has 0 bridgehead atoms. The van der Waals surface area contributed by atoms with Gasteiger partial charge in [0.05, 0.1) is 11.8 Å². The molecule has 1 amide bonds. The number of anilines is 1. The first-order valence-electron chi connectivity index (χ1n) is 15.2. The van der Waals surface area contributed by atoms with Crippen molar-refractivity contribution in [2.45, 2.75) is 122 Å². The van der Waals surface area contributed by atoms with Crippen molar-refractivity contribution in [2.24, 2.45) is 11.8 Å². The number of amides is 1. The highest BCUT2D eigenvalue weighted by atomic mass is 16.3. The molecule has 2 aliphatic carbocycles. The Labute approximate surface area is 231 Å². The summed E-state index contributed by atoms with van der Waals surface area (Å²) in [5, 5.41) is 13.0. The Morgan fingerprint density at radius 1 is 0.895 bits per heavy atom. The first-order valence-corrected chi connectivity index (χ1v) is 15.2. The van der Waals surface area contributed by atoms with E-state index in [9.17, 15) is 9.90 Å². The van der Waals surface area contributed by atoms with Gasteiger partial charge in [0, 0.05) is 55.0 Å². The summed E-state index contributed by atoms with van der Waals surface area (Å²) < 4.78 is 0. The highest BCUT2D eigenvalue weighted by Gasteiger charge is 2.30. The van der Waals surface area contributed by atoms with E-state index in [4.69, 9.17) is 9.97 Å². The second-order valence-electron chi connectivity index (χ2n) is 14.3. The van der Waals surface area contributed by atoms with Crippen molar-refractivity contribution >= 4 is 11.7 Å². The number of nitrogens with one attached hydrogen (secondary N) is 1. The molecule has 214 valence electrons. The summed E-state index contributed by atoms with van der Waals surface area (Å²) in [5.74, 6) is 3.13. The molecule has 0 radical (unpaired) electrons. The lowest BCUT2D eigenvalue weighted by Gasteiger charge is -2.37. The second kappa shape index (κ2) is 12.2. The average Bonchev–Trinajstić information content (AvgIpc) is 2.87. The van der Waals surface area contributed by atoms with Gasteiger partial charge in [0.1, 0.15) is 11.6 Å². The number of piperazine rings is 1. The van der Waals surface area contributed by atoms with Crippen LogP contribution in [0.15, 0.2) is 6.07 Å². The van der Waals surface area contributed by atoms with E-state index in [2.05, 4.69) is 62.7 Å². The molecule has 7 heteroatoms. The number of aliphatic hydroxyl groups is 1. The molecule has 0 aromatic carbocycles. The van der Waals surface area contributed by atoms with Crippen LogP contribution >= 0.6 is 0 Å². The number of carbonyl (C=O) groups is 1. The van der Waals surface area contributed by atoms with E-state index in [1.54, 1.807) is 0 Å². The van der Waals surface area contributed by atoms with Gasteiger partial charge in [0.15, 0.2) is 0 Å². The van der Waals surface area contributed by atoms with Gasteiger partial charge in [-0.25, -0.2) is 9.97 Å². The first-order chi connectivity index (χ1) is 17.9. The van der Waals surface area contributed by atoms with Crippen LogP contribution in [0.5, 0.6) is 0 Å². The number of aromatic nitrogens is 2. The fourth-order valence-electron chi connectivity index (χ4n) is 6.13. The monoisotopic (exact) mass is 527 g/mol. The normalized spacial score (nSPS) is 27.8. The van der Waals surface area contributed by atoms with Crippen molar-refractivity contribution < 1.29 is 9.90 Å². The van der Waals surface area contributed by atoms with E-state index in [1.165, 1.54) is 25.8 Å². The maximum atomic E-state index is 12.6. The zero-order valence-electron chi connectivity index (χ0n) is 24.9. The smallest absolute Gasteiger partial charge is 0.223 e. The third-order valence-electron chi connectivity index (χ3n) is 8.96. The maximum absolute atomic E-state index is 12.6. The highest BCUT2D eigenvalue weighted by molar-refractivity contribution is 5.79. The number of aliphatic hydroxyl groups excluding tert-OH is 1. The van der Waals surface area contributed by atoms with Crippen LogP contribution in [0.2, 0.25) is 0 Å². The van der Waals surface area contributed by atoms with Gasteiger partial charge in [-0.05, 0) is 70.3 Å². The number of rotatable bonds is 6. The molecule has 2 N–H and O–H groups in total. The van der Waals surface area contributed by atoms with Crippen LogP contribution in [0, 0.1) is 11.8 Å². The molecule has 1 aromatic rings. The summed E-state index contributed by atoms with van der Waals surface area (Å²) in [5.41, 5.74) is 1.05. The molecule has 38 heavy (non-hydrogen) atoms. The predicted octanol–water partition coefficient (Wildman–Crippen LogP) is 4.81. The third kappa shape index (κ3) is 7.91. The topological polar surface area (TPSA) is 81.6 Å². The maximum Gasteiger partial charge on any atom is 0.223 e. The van der Waals surface area contributed by atoms with Gasteiger partial charge >= 0.3 is 0 Å². The van der Waals surface area contributed by atoms with Gasteiger partial charge < -0.3 is 15.3 Å². The van der Waals surface area contributed by atoms with Crippen molar-refractivity contribution in [3.05, 3.63) is 17.6 Å². The quantitative estimate of drug-likeness (QED) is 0.553. The summed E-state index contributed by atoms with van der Waals surface area (Å²) >= 11 is 0. The molecule has 3 fully saturated rings. The minimum absolute atomic E-state index is 0.000754. The Hall–Kier alpha value is -1.73. The number of carbonyl (C=O) groups excluding carboxylic acids is 1. The van der Waals surface area contributed by atoms with Crippen molar-refractivity contribution in [1.29, 1.82) is 0 Å². The molecule has 1 aliphatic heterocycles. The van der Waals surface area contributed by atoms with Gasteiger partial charge in [0.2, 0.25) is 5.91 Å². The van der Waals surface area contributed by atoms with Crippen LogP contribution in [0.3, 0.4) is 0 Å². The standard InChI is InChI=1S/C31H53N5O2/c1-30(2,3)26-21-27(34-29(33-26)31(4,5)6)36-19-17-35(18-20-36)16-15-22-7-11-24(12-8-22)32-28(38)23-9-13-25(37)14-10-23/h21-25,37H,7-20H2,1-6H3,(H,32,38)/t22-,23-,24+,25+. The average molecular weight is 528 g/mol. The van der Waals surface area contributed by atoms with Crippen LogP contribution in [0.4, 0.5) is 5.82 Å².